The lowest BCUT2D eigenvalue weighted by molar-refractivity contribution is 0.443. The molecule has 0 radical (unpaired) electrons. The third-order valence-electron chi connectivity index (χ3n) is 14.0. The minimum absolute atomic E-state index is 0.506. The molecule has 1 saturated carbocycles. The summed E-state index contributed by atoms with van der Waals surface area (Å²) in [5, 5.41) is 7.38. The minimum atomic E-state index is -0.506. The van der Waals surface area contributed by atoms with Crippen LogP contribution in [0.1, 0.15) is 65.8 Å². The zero-order valence-electron chi connectivity index (χ0n) is 32.8. The maximum atomic E-state index is 6.52. The zero-order chi connectivity index (χ0) is 38.7. The topological polar surface area (TPSA) is 16.4 Å². The number of hydrogen-bond donors (Lipinski definition) is 0. The Balaban J connectivity index is 1.09. The van der Waals surface area contributed by atoms with Crippen molar-refractivity contribution in [3.63, 3.8) is 0 Å². The first-order valence-corrected chi connectivity index (χ1v) is 21.4. The predicted molar refractivity (Wildman–Crippen MR) is 246 cm³/mol. The maximum absolute atomic E-state index is 6.52. The second-order valence-corrected chi connectivity index (χ2v) is 17.0. The molecule has 1 atom stereocenters. The minimum Gasteiger partial charge on any atom is -0.456 e. The van der Waals surface area contributed by atoms with E-state index in [2.05, 4.69) is 181 Å². The van der Waals surface area contributed by atoms with Crippen molar-refractivity contribution >= 4 is 60.5 Å². The molecule has 2 nitrogen and oxygen atoms in total. The highest BCUT2D eigenvalue weighted by molar-refractivity contribution is 6.08. The first-order chi connectivity index (χ1) is 29.2. The van der Waals surface area contributed by atoms with Gasteiger partial charge in [0.1, 0.15) is 11.2 Å². The van der Waals surface area contributed by atoms with Crippen LogP contribution >= 0.6 is 0 Å². The Morgan fingerprint density at radius 3 is 2.00 bits per heavy atom. The summed E-state index contributed by atoms with van der Waals surface area (Å²) in [4.78, 5) is 2.43. The number of hydrogen-bond acceptors (Lipinski definition) is 2. The van der Waals surface area contributed by atoms with Crippen LogP contribution in [-0.2, 0) is 5.41 Å². The van der Waals surface area contributed by atoms with E-state index < -0.39 is 5.41 Å². The number of fused-ring (bicyclic) bond motifs is 13. The first-order valence-electron chi connectivity index (χ1n) is 21.4. The van der Waals surface area contributed by atoms with E-state index in [-0.39, 0.29) is 0 Å². The molecule has 280 valence electrons. The van der Waals surface area contributed by atoms with E-state index in [9.17, 15) is 0 Å². The monoisotopic (exact) mass is 755 g/mol. The van der Waals surface area contributed by atoms with Crippen molar-refractivity contribution in [2.75, 3.05) is 4.90 Å². The summed E-state index contributed by atoms with van der Waals surface area (Å²) in [5.74, 6) is 0.621. The highest BCUT2D eigenvalue weighted by atomic mass is 16.3. The summed E-state index contributed by atoms with van der Waals surface area (Å²) in [6, 6.07) is 68.5. The largest absolute Gasteiger partial charge is 0.456 e. The summed E-state index contributed by atoms with van der Waals surface area (Å²) < 4.78 is 6.52. The Kier molecular flexibility index (Phi) is 7.04. The number of furan rings is 1. The van der Waals surface area contributed by atoms with Crippen molar-refractivity contribution in [3.8, 4) is 22.3 Å². The Hall–Kier alpha value is -6.90. The molecule has 10 aromatic rings. The lowest BCUT2D eigenvalue weighted by Gasteiger charge is -2.41. The van der Waals surface area contributed by atoms with Gasteiger partial charge in [-0.05, 0) is 133 Å². The smallest absolute Gasteiger partial charge is 0.137 e. The van der Waals surface area contributed by atoms with Crippen LogP contribution in [0.15, 0.2) is 186 Å². The number of benzene rings is 9. The fraction of sp³-hybridized carbons (Fsp3) is 0.123. The molecule has 13 rings (SSSR count). The lowest BCUT2D eigenvalue weighted by Crippen LogP contribution is -2.32. The molecule has 0 saturated heterocycles. The van der Waals surface area contributed by atoms with Gasteiger partial charge in [0.05, 0.1) is 5.41 Å². The molecule has 9 aromatic carbocycles. The molecule has 1 unspecified atom stereocenters. The average molecular weight is 756 g/mol. The average Bonchev–Trinajstić information content (AvgIpc) is 3.81. The van der Waals surface area contributed by atoms with Crippen LogP contribution in [-0.4, -0.2) is 0 Å². The van der Waals surface area contributed by atoms with Crippen LogP contribution in [0.3, 0.4) is 0 Å². The second-order valence-electron chi connectivity index (χ2n) is 17.0. The summed E-state index contributed by atoms with van der Waals surface area (Å²) in [7, 11) is 0. The Labute approximate surface area is 344 Å². The van der Waals surface area contributed by atoms with Gasteiger partial charge in [0, 0.05) is 33.9 Å². The predicted octanol–water partition coefficient (Wildman–Crippen LogP) is 15.8. The summed E-state index contributed by atoms with van der Waals surface area (Å²) in [6.07, 6.45) is 6.57. The van der Waals surface area contributed by atoms with E-state index in [0.29, 0.717) is 5.92 Å². The van der Waals surface area contributed by atoms with Crippen molar-refractivity contribution in [2.24, 2.45) is 0 Å². The maximum Gasteiger partial charge on any atom is 0.137 e. The van der Waals surface area contributed by atoms with Gasteiger partial charge in [-0.15, -0.1) is 0 Å². The van der Waals surface area contributed by atoms with Crippen LogP contribution in [0.4, 0.5) is 17.1 Å². The normalized spacial score (nSPS) is 16.8. The quantitative estimate of drug-likeness (QED) is 0.178. The SMILES string of the molecule is c1ccc2c(c1)-c1ccc(N(c3ccc4ccccc4c3)c3ccc4c(c3)oc3ccccc34)cc1C21c2ccc(C3CCCCC3)cc2-c2cccc3cccc1c23. The molecule has 0 N–H and O–H groups in total. The van der Waals surface area contributed by atoms with E-state index in [1.54, 1.807) is 0 Å². The van der Waals surface area contributed by atoms with Gasteiger partial charge >= 0.3 is 0 Å². The van der Waals surface area contributed by atoms with E-state index in [1.165, 1.54) is 104 Å². The molecule has 0 aliphatic heterocycles. The van der Waals surface area contributed by atoms with Crippen LogP contribution in [0.5, 0.6) is 0 Å². The van der Waals surface area contributed by atoms with Crippen LogP contribution in [0.25, 0.3) is 65.7 Å². The van der Waals surface area contributed by atoms with Gasteiger partial charge in [0.15, 0.2) is 0 Å². The van der Waals surface area contributed by atoms with Crippen molar-refractivity contribution in [1.82, 2.24) is 0 Å². The highest BCUT2D eigenvalue weighted by Gasteiger charge is 2.50. The van der Waals surface area contributed by atoms with Crippen molar-refractivity contribution in [3.05, 3.63) is 210 Å². The van der Waals surface area contributed by atoms with Gasteiger partial charge in [-0.1, -0.05) is 153 Å². The van der Waals surface area contributed by atoms with Gasteiger partial charge < -0.3 is 9.32 Å². The second kappa shape index (κ2) is 12.5. The highest BCUT2D eigenvalue weighted by Crippen LogP contribution is 2.63. The molecule has 2 heteroatoms. The van der Waals surface area contributed by atoms with Crippen molar-refractivity contribution < 1.29 is 4.42 Å². The Morgan fingerprint density at radius 2 is 1.07 bits per heavy atom. The third-order valence-corrected chi connectivity index (χ3v) is 14.0. The summed E-state index contributed by atoms with van der Waals surface area (Å²) in [5.41, 5.74) is 16.9. The number of para-hydroxylation sites is 1. The van der Waals surface area contributed by atoms with Crippen molar-refractivity contribution in [1.29, 1.82) is 0 Å². The lowest BCUT2D eigenvalue weighted by atomic mass is 9.61. The molecule has 59 heavy (non-hydrogen) atoms. The Bertz CT molecular complexity index is 3340. The molecule has 1 spiro atoms. The van der Waals surface area contributed by atoms with E-state index in [1.807, 2.05) is 6.07 Å². The third kappa shape index (κ3) is 4.69. The number of anilines is 3. The molecule has 1 fully saturated rings. The molecule has 3 aliphatic carbocycles. The number of rotatable bonds is 4. The van der Waals surface area contributed by atoms with Gasteiger partial charge in [-0.3, -0.25) is 0 Å². The van der Waals surface area contributed by atoms with E-state index in [0.717, 1.165) is 39.0 Å². The first kappa shape index (κ1) is 33.1. The summed E-state index contributed by atoms with van der Waals surface area (Å²) in [6.45, 7) is 0. The molecule has 0 amide bonds. The zero-order valence-corrected chi connectivity index (χ0v) is 32.8. The van der Waals surface area contributed by atoms with Crippen LogP contribution in [0.2, 0.25) is 0 Å². The van der Waals surface area contributed by atoms with Crippen LogP contribution < -0.4 is 4.90 Å². The van der Waals surface area contributed by atoms with Crippen LogP contribution in [0, 0.1) is 0 Å². The van der Waals surface area contributed by atoms with E-state index >= 15 is 0 Å². The fourth-order valence-electron chi connectivity index (χ4n) is 11.4. The van der Waals surface area contributed by atoms with Gasteiger partial charge in [-0.2, -0.15) is 0 Å². The fourth-order valence-corrected chi connectivity index (χ4v) is 11.4. The Morgan fingerprint density at radius 1 is 0.407 bits per heavy atom. The molecular formula is C57H41NO. The van der Waals surface area contributed by atoms with Gasteiger partial charge in [0.2, 0.25) is 0 Å². The molecule has 1 heterocycles. The van der Waals surface area contributed by atoms with Crippen molar-refractivity contribution in [2.45, 2.75) is 43.4 Å². The number of nitrogens with zero attached hydrogens (tertiary/aromatic N) is 1. The van der Waals surface area contributed by atoms with Gasteiger partial charge in [-0.25, -0.2) is 0 Å². The standard InChI is InChI=1S/C57H41NO/c1-2-12-36(13-3-1)40-25-31-51-49(33-40)48-20-10-16-38-17-11-22-52(56(38)48)57(51)50-21-8-6-18-44(50)45-29-27-42(34-53(45)57)58(41-26-24-37-14-4-5-15-39(37)32-41)43-28-30-47-46-19-7-9-23-54(46)59-55(47)35-43/h4-11,14-36H,1-3,12-13H2. The van der Waals surface area contributed by atoms with E-state index in [4.69, 9.17) is 4.42 Å². The molecular weight excluding hydrogens is 715 g/mol. The van der Waals surface area contributed by atoms with Gasteiger partial charge in [0.25, 0.3) is 0 Å². The molecule has 0 bridgehead atoms. The molecule has 1 aromatic heterocycles. The summed E-state index contributed by atoms with van der Waals surface area (Å²) >= 11 is 0. The molecule has 3 aliphatic rings.